The van der Waals surface area contributed by atoms with Gasteiger partial charge in [-0.05, 0) is 62.1 Å². The number of para-hydroxylation sites is 1. The van der Waals surface area contributed by atoms with Crippen molar-refractivity contribution in [1.29, 1.82) is 0 Å². The molecule has 2 aromatic rings. The first-order valence-electron chi connectivity index (χ1n) is 16.1. The maximum atomic E-state index is 14.9. The number of rotatable bonds is 14. The second kappa shape index (κ2) is 14.2. The highest BCUT2D eigenvalue weighted by Crippen LogP contribution is 2.67. The van der Waals surface area contributed by atoms with Crippen LogP contribution in [0.1, 0.15) is 40.0 Å². The van der Waals surface area contributed by atoms with Gasteiger partial charge in [0.25, 0.3) is 5.91 Å². The van der Waals surface area contributed by atoms with Gasteiger partial charge in [-0.25, -0.2) is 0 Å². The van der Waals surface area contributed by atoms with Gasteiger partial charge in [-0.2, -0.15) is 0 Å². The third-order valence-electron chi connectivity index (χ3n) is 9.86. The SMILES string of the molecule is C=CCN(C(=O)[C@@H]1[C@H]2C(=O)N([C@@H](CO)[C@@H](C)CC)C(C(=O)N(CC=C)c3ccccc3Cl)C23CC[C@H]1S3)c1ccc(OCC)cc1. The molecule has 2 bridgehead atoms. The summed E-state index contributed by atoms with van der Waals surface area (Å²) in [6, 6.07) is 13.0. The number of carbonyl (C=O) groups is 3. The fourth-order valence-corrected chi connectivity index (χ4v) is 10.0. The van der Waals surface area contributed by atoms with Crippen molar-refractivity contribution in [2.75, 3.05) is 36.1 Å². The fraction of sp³-hybridized carbons (Fsp3) is 0.472. The first-order chi connectivity index (χ1) is 22.2. The summed E-state index contributed by atoms with van der Waals surface area (Å²) in [7, 11) is 0. The van der Waals surface area contributed by atoms with Crippen LogP contribution in [0.5, 0.6) is 5.75 Å². The van der Waals surface area contributed by atoms with Crippen LogP contribution in [0, 0.1) is 17.8 Å². The molecule has 3 fully saturated rings. The second-order valence-electron chi connectivity index (χ2n) is 12.3. The maximum absolute atomic E-state index is 14.9. The quantitative estimate of drug-likeness (QED) is 0.250. The lowest BCUT2D eigenvalue weighted by Gasteiger charge is -2.41. The van der Waals surface area contributed by atoms with Crippen molar-refractivity contribution in [3.63, 3.8) is 0 Å². The molecular formula is C36H44ClN3O5S. The van der Waals surface area contributed by atoms with Gasteiger partial charge >= 0.3 is 0 Å². The van der Waals surface area contributed by atoms with Crippen LogP contribution in [-0.2, 0) is 14.4 Å². The van der Waals surface area contributed by atoms with E-state index in [1.165, 1.54) is 0 Å². The molecule has 1 N–H and O–H groups in total. The topological polar surface area (TPSA) is 90.4 Å². The van der Waals surface area contributed by atoms with Crippen LogP contribution in [0.4, 0.5) is 11.4 Å². The van der Waals surface area contributed by atoms with Gasteiger partial charge in [-0.1, -0.05) is 56.2 Å². The summed E-state index contributed by atoms with van der Waals surface area (Å²) in [5, 5.41) is 11.0. The van der Waals surface area contributed by atoms with Crippen molar-refractivity contribution in [3.05, 3.63) is 78.9 Å². The molecule has 3 amide bonds. The number of hydrogen-bond donors (Lipinski definition) is 1. The highest BCUT2D eigenvalue weighted by atomic mass is 35.5. The molecule has 3 saturated heterocycles. The highest BCUT2D eigenvalue weighted by molar-refractivity contribution is 8.02. The van der Waals surface area contributed by atoms with Gasteiger partial charge in [-0.15, -0.1) is 24.9 Å². The van der Waals surface area contributed by atoms with E-state index in [1.807, 2.05) is 51.1 Å². The molecular weight excluding hydrogens is 622 g/mol. The predicted octanol–water partition coefficient (Wildman–Crippen LogP) is 5.98. The first-order valence-corrected chi connectivity index (χ1v) is 17.4. The van der Waals surface area contributed by atoms with Gasteiger partial charge in [0.1, 0.15) is 11.8 Å². The van der Waals surface area contributed by atoms with Crippen LogP contribution in [0.15, 0.2) is 73.8 Å². The largest absolute Gasteiger partial charge is 0.494 e. The van der Waals surface area contributed by atoms with Crippen LogP contribution in [-0.4, -0.2) is 76.1 Å². The number of anilines is 2. The number of ether oxygens (including phenoxy) is 1. The molecule has 5 rings (SSSR count). The summed E-state index contributed by atoms with van der Waals surface area (Å²) in [5.74, 6) is -1.41. The van der Waals surface area contributed by atoms with Gasteiger partial charge in [0, 0.05) is 24.0 Å². The molecule has 0 aliphatic carbocycles. The van der Waals surface area contributed by atoms with Crippen LogP contribution in [0.3, 0.4) is 0 Å². The Morgan fingerprint density at radius 2 is 1.78 bits per heavy atom. The number of likely N-dealkylation sites (tertiary alicyclic amines) is 1. The lowest BCUT2D eigenvalue weighted by atomic mass is 9.70. The zero-order valence-electron chi connectivity index (χ0n) is 26.8. The van der Waals surface area contributed by atoms with E-state index in [-0.39, 0.29) is 48.6 Å². The maximum Gasteiger partial charge on any atom is 0.251 e. The Hall–Kier alpha value is -3.27. The summed E-state index contributed by atoms with van der Waals surface area (Å²) in [6.07, 6.45) is 5.35. The van der Waals surface area contributed by atoms with Crippen molar-refractivity contribution in [2.24, 2.45) is 17.8 Å². The van der Waals surface area contributed by atoms with Crippen molar-refractivity contribution in [3.8, 4) is 5.75 Å². The van der Waals surface area contributed by atoms with Crippen molar-refractivity contribution >= 4 is 52.5 Å². The number of aliphatic hydroxyl groups is 1. The number of aliphatic hydroxyl groups excluding tert-OH is 1. The number of thioether (sulfide) groups is 1. The van der Waals surface area contributed by atoms with Gasteiger partial charge in [-0.3, -0.25) is 14.4 Å². The molecule has 2 aromatic carbocycles. The summed E-state index contributed by atoms with van der Waals surface area (Å²) < 4.78 is 4.77. The van der Waals surface area contributed by atoms with Gasteiger partial charge in [0.15, 0.2) is 0 Å². The number of benzene rings is 2. The molecule has 7 atom stereocenters. The van der Waals surface area contributed by atoms with E-state index in [9.17, 15) is 19.5 Å². The average Bonchev–Trinajstić information content (AvgIpc) is 3.71. The lowest BCUT2D eigenvalue weighted by Crippen LogP contribution is -2.58. The third-order valence-corrected chi connectivity index (χ3v) is 12.1. The third kappa shape index (κ3) is 5.75. The van der Waals surface area contributed by atoms with Gasteiger partial charge < -0.3 is 24.5 Å². The Balaban J connectivity index is 1.60. The molecule has 10 heteroatoms. The fourth-order valence-electron chi connectivity index (χ4n) is 7.60. The molecule has 0 saturated carbocycles. The molecule has 0 radical (unpaired) electrons. The Kier molecular flexibility index (Phi) is 10.5. The summed E-state index contributed by atoms with van der Waals surface area (Å²) in [6.45, 7) is 14.4. The number of nitrogens with zero attached hydrogens (tertiary/aromatic N) is 3. The van der Waals surface area contributed by atoms with Crippen LogP contribution < -0.4 is 14.5 Å². The summed E-state index contributed by atoms with van der Waals surface area (Å²) in [4.78, 5) is 49.3. The predicted molar refractivity (Wildman–Crippen MR) is 185 cm³/mol. The minimum absolute atomic E-state index is 0.0786. The summed E-state index contributed by atoms with van der Waals surface area (Å²) >= 11 is 8.22. The van der Waals surface area contributed by atoms with E-state index >= 15 is 0 Å². The second-order valence-corrected chi connectivity index (χ2v) is 14.3. The lowest BCUT2D eigenvalue weighted by molar-refractivity contribution is -0.143. The van der Waals surface area contributed by atoms with E-state index in [0.717, 1.165) is 0 Å². The molecule has 1 spiro atoms. The van der Waals surface area contributed by atoms with Crippen LogP contribution in [0.2, 0.25) is 5.02 Å². The Bertz CT molecular complexity index is 1470. The minimum atomic E-state index is -0.890. The molecule has 46 heavy (non-hydrogen) atoms. The zero-order chi connectivity index (χ0) is 33.2. The van der Waals surface area contributed by atoms with E-state index in [0.29, 0.717) is 48.0 Å². The Labute approximate surface area is 281 Å². The van der Waals surface area contributed by atoms with E-state index in [4.69, 9.17) is 16.3 Å². The number of hydrogen-bond acceptors (Lipinski definition) is 6. The Morgan fingerprint density at radius 1 is 1.11 bits per heavy atom. The molecule has 3 aliphatic rings. The molecule has 0 aromatic heterocycles. The molecule has 246 valence electrons. The number of fused-ring (bicyclic) bond motifs is 1. The van der Waals surface area contributed by atoms with Crippen LogP contribution in [0.25, 0.3) is 0 Å². The van der Waals surface area contributed by atoms with Crippen molar-refractivity contribution < 1.29 is 24.2 Å². The van der Waals surface area contributed by atoms with Crippen LogP contribution >= 0.6 is 23.4 Å². The smallest absolute Gasteiger partial charge is 0.251 e. The van der Waals surface area contributed by atoms with Gasteiger partial charge in [0.2, 0.25) is 11.8 Å². The number of amides is 3. The minimum Gasteiger partial charge on any atom is -0.494 e. The van der Waals surface area contributed by atoms with E-state index < -0.39 is 28.7 Å². The van der Waals surface area contributed by atoms with Crippen molar-refractivity contribution in [1.82, 2.24) is 4.90 Å². The van der Waals surface area contributed by atoms with E-state index in [1.54, 1.807) is 56.8 Å². The molecule has 2 unspecified atom stereocenters. The normalized spacial score (nSPS) is 25.9. The molecule has 8 nitrogen and oxygen atoms in total. The highest BCUT2D eigenvalue weighted by Gasteiger charge is 2.75. The van der Waals surface area contributed by atoms with E-state index in [2.05, 4.69) is 13.2 Å². The standard InChI is InChI=1S/C36H44ClN3O5S/c1-6-20-38(24-14-16-25(17-15-24)45-9-4)33(42)30-29-18-19-36(46-29)31(30)34(43)40(28(22-41)23(5)8-3)32(36)35(44)39(21-7-2)27-13-11-10-12-26(27)37/h6-7,10-17,23,28-32,41H,1-2,8-9,18-22H2,3-5H3/t23-,28-,29+,30-,31-,32?,36?/m0/s1. The molecule has 3 aliphatic heterocycles. The summed E-state index contributed by atoms with van der Waals surface area (Å²) in [5.41, 5.74) is 1.22. The first kappa shape index (κ1) is 34.1. The van der Waals surface area contributed by atoms with Crippen molar-refractivity contribution in [2.45, 2.75) is 62.1 Å². The number of carbonyl (C=O) groups excluding carboxylic acids is 3. The average molecular weight is 666 g/mol. The molecule has 3 heterocycles. The zero-order valence-corrected chi connectivity index (χ0v) is 28.4. The monoisotopic (exact) mass is 665 g/mol. The number of halogens is 1. The van der Waals surface area contributed by atoms with Gasteiger partial charge in [0.05, 0.1) is 46.5 Å². The Morgan fingerprint density at radius 3 is 2.39 bits per heavy atom.